The van der Waals surface area contributed by atoms with Crippen molar-refractivity contribution in [3.8, 4) is 0 Å². The number of aliphatic carboxylic acids is 1. The van der Waals surface area contributed by atoms with Gasteiger partial charge in [0.25, 0.3) is 0 Å². The number of alkyl halides is 3. The Kier molecular flexibility index (Phi) is 4.96. The maximum absolute atomic E-state index is 13.2. The highest BCUT2D eigenvalue weighted by Gasteiger charge is 2.49. The summed E-state index contributed by atoms with van der Waals surface area (Å²) < 4.78 is 44.7. The van der Waals surface area contributed by atoms with E-state index in [1.165, 1.54) is 18.2 Å². The molecule has 2 fully saturated rings. The summed E-state index contributed by atoms with van der Waals surface area (Å²) in [5.74, 6) is -2.46. The highest BCUT2D eigenvalue weighted by molar-refractivity contribution is 5.84. The van der Waals surface area contributed by atoms with Crippen LogP contribution in [0.15, 0.2) is 24.3 Å². The number of hydrogen-bond donors (Lipinski definition) is 2. The van der Waals surface area contributed by atoms with E-state index in [0.717, 1.165) is 6.07 Å². The fourth-order valence-corrected chi connectivity index (χ4v) is 3.66. The number of ether oxygens (including phenoxy) is 1. The molecule has 1 aromatic carbocycles. The van der Waals surface area contributed by atoms with Crippen molar-refractivity contribution in [2.75, 3.05) is 13.2 Å². The van der Waals surface area contributed by atoms with Gasteiger partial charge >= 0.3 is 12.1 Å². The van der Waals surface area contributed by atoms with E-state index in [4.69, 9.17) is 9.84 Å². The Balaban J connectivity index is 1.72. The van der Waals surface area contributed by atoms with Crippen LogP contribution in [0, 0.1) is 5.92 Å². The molecule has 1 aromatic rings. The average molecular weight is 371 g/mol. The number of carboxylic acids is 1. The molecule has 0 bridgehead atoms. The van der Waals surface area contributed by atoms with Crippen molar-refractivity contribution < 1.29 is 32.6 Å². The average Bonchev–Trinajstić information content (AvgIpc) is 3.34. The number of rotatable bonds is 5. The van der Waals surface area contributed by atoms with Crippen molar-refractivity contribution in [3.05, 3.63) is 35.4 Å². The van der Waals surface area contributed by atoms with Gasteiger partial charge in [0, 0.05) is 19.1 Å². The third-order valence-corrected chi connectivity index (χ3v) is 5.12. The highest BCUT2D eigenvalue weighted by Crippen LogP contribution is 2.51. The van der Waals surface area contributed by atoms with Crippen molar-refractivity contribution >= 4 is 11.9 Å². The molecule has 142 valence electrons. The van der Waals surface area contributed by atoms with Gasteiger partial charge < -0.3 is 15.2 Å². The number of nitrogens with one attached hydrogen (secondary N) is 1. The molecule has 1 amide bonds. The molecule has 1 aliphatic carbocycles. The van der Waals surface area contributed by atoms with Crippen LogP contribution in [0.3, 0.4) is 0 Å². The lowest BCUT2D eigenvalue weighted by Crippen LogP contribution is -2.53. The third-order valence-electron chi connectivity index (χ3n) is 5.12. The molecule has 2 N–H and O–H groups in total. The third kappa shape index (κ3) is 4.00. The summed E-state index contributed by atoms with van der Waals surface area (Å²) in [7, 11) is 0. The molecule has 2 unspecified atom stereocenters. The summed E-state index contributed by atoms with van der Waals surface area (Å²) in [6.07, 6.45) is -3.61. The Bertz CT molecular complexity index is 698. The normalized spacial score (nSPS) is 24.7. The molecular weight excluding hydrogens is 351 g/mol. The Morgan fingerprint density at radius 3 is 2.50 bits per heavy atom. The summed E-state index contributed by atoms with van der Waals surface area (Å²) >= 11 is 0. The van der Waals surface area contributed by atoms with Gasteiger partial charge in [-0.15, -0.1) is 0 Å². The summed E-state index contributed by atoms with van der Waals surface area (Å²) in [5.41, 5.74) is -1.48. The first-order valence-electron chi connectivity index (χ1n) is 8.49. The number of carboxylic acid groups (broad SMARTS) is 1. The second-order valence-corrected chi connectivity index (χ2v) is 6.99. The molecule has 1 saturated carbocycles. The van der Waals surface area contributed by atoms with Gasteiger partial charge in [0.05, 0.1) is 17.5 Å². The van der Waals surface area contributed by atoms with Crippen molar-refractivity contribution in [2.24, 2.45) is 5.92 Å². The number of carbonyl (C=O) groups is 2. The van der Waals surface area contributed by atoms with E-state index in [1.807, 2.05) is 0 Å². The maximum Gasteiger partial charge on any atom is 0.416 e. The smallest absolute Gasteiger partial charge is 0.416 e. The van der Waals surface area contributed by atoms with Crippen LogP contribution in [0.4, 0.5) is 13.2 Å². The van der Waals surface area contributed by atoms with Crippen molar-refractivity contribution in [1.29, 1.82) is 0 Å². The van der Waals surface area contributed by atoms with E-state index in [1.54, 1.807) is 0 Å². The predicted octanol–water partition coefficient (Wildman–Crippen LogP) is 2.95. The standard InChI is InChI=1S/C18H20F3NO4/c19-18(20,21)14-4-2-1-3-11(14)12-9-13(12)16(25)22-17(10-15(23)24)5-7-26-8-6-17/h1-4,12-13H,5-10H2,(H,22,25)(H,23,24). The fourth-order valence-electron chi connectivity index (χ4n) is 3.66. The van der Waals surface area contributed by atoms with E-state index < -0.39 is 35.1 Å². The Labute approximate surface area is 148 Å². The van der Waals surface area contributed by atoms with Crippen LogP contribution >= 0.6 is 0 Å². The topological polar surface area (TPSA) is 75.6 Å². The summed E-state index contributed by atoms with van der Waals surface area (Å²) in [5, 5.41) is 11.9. The molecule has 3 rings (SSSR count). The zero-order valence-electron chi connectivity index (χ0n) is 14.0. The minimum atomic E-state index is -4.47. The maximum atomic E-state index is 13.2. The van der Waals surface area contributed by atoms with Gasteiger partial charge in [-0.2, -0.15) is 13.2 Å². The SMILES string of the molecule is O=C(O)CC1(NC(=O)C2CC2c2ccccc2C(F)(F)F)CCOCC1. The molecule has 0 aromatic heterocycles. The predicted molar refractivity (Wildman–Crippen MR) is 85.5 cm³/mol. The number of halogens is 3. The molecular formula is C18H20F3NO4. The number of carbonyl (C=O) groups excluding carboxylic acids is 1. The van der Waals surface area contributed by atoms with Gasteiger partial charge in [-0.3, -0.25) is 9.59 Å². The minimum Gasteiger partial charge on any atom is -0.481 e. The number of hydrogen-bond acceptors (Lipinski definition) is 3. The largest absolute Gasteiger partial charge is 0.481 e. The van der Waals surface area contributed by atoms with Crippen LogP contribution in [0.2, 0.25) is 0 Å². The second-order valence-electron chi connectivity index (χ2n) is 6.99. The van der Waals surface area contributed by atoms with Crippen LogP contribution in [0.1, 0.15) is 42.7 Å². The number of benzene rings is 1. The summed E-state index contributed by atoms with van der Waals surface area (Å²) in [6, 6.07) is 5.28. The van der Waals surface area contributed by atoms with Gasteiger partial charge in [-0.1, -0.05) is 18.2 Å². The van der Waals surface area contributed by atoms with Crippen LogP contribution in [-0.2, 0) is 20.5 Å². The lowest BCUT2D eigenvalue weighted by Gasteiger charge is -2.37. The van der Waals surface area contributed by atoms with E-state index in [0.29, 0.717) is 32.5 Å². The van der Waals surface area contributed by atoms with Gasteiger partial charge in [0.2, 0.25) is 5.91 Å². The minimum absolute atomic E-state index is 0.124. The molecule has 2 aliphatic rings. The molecule has 1 heterocycles. The van der Waals surface area contributed by atoms with Gasteiger partial charge in [0.15, 0.2) is 0 Å². The molecule has 8 heteroatoms. The Morgan fingerprint density at radius 2 is 1.88 bits per heavy atom. The Morgan fingerprint density at radius 1 is 1.23 bits per heavy atom. The number of amides is 1. The molecule has 2 atom stereocenters. The van der Waals surface area contributed by atoms with E-state index in [9.17, 15) is 22.8 Å². The first-order chi connectivity index (χ1) is 12.2. The monoisotopic (exact) mass is 371 g/mol. The van der Waals surface area contributed by atoms with Crippen LogP contribution in [0.5, 0.6) is 0 Å². The van der Waals surface area contributed by atoms with Crippen LogP contribution in [-0.4, -0.2) is 35.7 Å². The lowest BCUT2D eigenvalue weighted by molar-refractivity contribution is -0.141. The Hall–Kier alpha value is -2.09. The van der Waals surface area contributed by atoms with Crippen molar-refractivity contribution in [3.63, 3.8) is 0 Å². The van der Waals surface area contributed by atoms with Crippen molar-refractivity contribution in [2.45, 2.75) is 43.3 Å². The molecule has 0 spiro atoms. The van der Waals surface area contributed by atoms with E-state index in [-0.39, 0.29) is 17.9 Å². The molecule has 1 aliphatic heterocycles. The summed E-state index contributed by atoms with van der Waals surface area (Å²) in [4.78, 5) is 23.7. The lowest BCUT2D eigenvalue weighted by atomic mass is 9.86. The van der Waals surface area contributed by atoms with E-state index >= 15 is 0 Å². The summed E-state index contributed by atoms with van der Waals surface area (Å²) in [6.45, 7) is 0.692. The van der Waals surface area contributed by atoms with Crippen LogP contribution < -0.4 is 5.32 Å². The molecule has 0 radical (unpaired) electrons. The zero-order chi connectivity index (χ0) is 18.9. The van der Waals surface area contributed by atoms with Crippen LogP contribution in [0.25, 0.3) is 0 Å². The molecule has 1 saturated heterocycles. The zero-order valence-corrected chi connectivity index (χ0v) is 14.0. The van der Waals surface area contributed by atoms with Crippen molar-refractivity contribution in [1.82, 2.24) is 5.32 Å². The first-order valence-corrected chi connectivity index (χ1v) is 8.49. The molecule has 5 nitrogen and oxygen atoms in total. The van der Waals surface area contributed by atoms with Gasteiger partial charge in [-0.05, 0) is 36.8 Å². The first kappa shape index (κ1) is 18.7. The highest BCUT2D eigenvalue weighted by atomic mass is 19.4. The second kappa shape index (κ2) is 6.90. The van der Waals surface area contributed by atoms with Gasteiger partial charge in [-0.25, -0.2) is 0 Å². The van der Waals surface area contributed by atoms with Gasteiger partial charge in [0.1, 0.15) is 0 Å². The molecule has 26 heavy (non-hydrogen) atoms. The van der Waals surface area contributed by atoms with E-state index in [2.05, 4.69) is 5.32 Å². The quantitative estimate of drug-likeness (QED) is 0.835. The fraction of sp³-hybridized carbons (Fsp3) is 0.556.